The van der Waals surface area contributed by atoms with Gasteiger partial charge in [-0.3, -0.25) is 0 Å². The second-order valence-electron chi connectivity index (χ2n) is 5.57. The Kier molecular flexibility index (Phi) is 18.1. The number of ether oxygens (including phenoxy) is 6. The van der Waals surface area contributed by atoms with Gasteiger partial charge in [0, 0.05) is 4.43 Å². The van der Waals surface area contributed by atoms with Crippen molar-refractivity contribution in [3.8, 4) is 0 Å². The maximum absolute atomic E-state index is 5.76. The summed E-state index contributed by atoms with van der Waals surface area (Å²) in [6.45, 7) is 8.96. The lowest BCUT2D eigenvalue weighted by Crippen LogP contribution is -2.33. The number of halogens is 1. The number of nitrogens with one attached hydrogen (secondary N) is 1. The van der Waals surface area contributed by atoms with E-state index in [0.717, 1.165) is 37.0 Å². The summed E-state index contributed by atoms with van der Waals surface area (Å²) in [7, 11) is 0. The van der Waals surface area contributed by atoms with E-state index in [1.54, 1.807) is 0 Å². The lowest BCUT2D eigenvalue weighted by atomic mass is 10.1. The minimum absolute atomic E-state index is 0.394. The first kappa shape index (κ1) is 23.5. The number of piperidine rings is 1. The van der Waals surface area contributed by atoms with E-state index in [1.165, 1.54) is 0 Å². The van der Waals surface area contributed by atoms with Gasteiger partial charge in [-0.25, -0.2) is 0 Å². The Morgan fingerprint density at radius 2 is 1.00 bits per heavy atom. The molecule has 1 fully saturated rings. The molecule has 0 radical (unpaired) electrons. The molecule has 1 N–H and O–H groups in total. The van der Waals surface area contributed by atoms with Crippen LogP contribution in [-0.4, -0.2) is 96.3 Å². The Morgan fingerprint density at radius 1 is 0.600 bits per heavy atom. The number of hydrogen-bond acceptors (Lipinski definition) is 7. The van der Waals surface area contributed by atoms with E-state index in [2.05, 4.69) is 27.9 Å². The Morgan fingerprint density at radius 3 is 1.44 bits per heavy atom. The first-order valence-corrected chi connectivity index (χ1v) is 10.7. The van der Waals surface area contributed by atoms with Crippen LogP contribution in [0.15, 0.2) is 0 Å². The lowest BCUT2D eigenvalue weighted by molar-refractivity contribution is -0.0294. The zero-order chi connectivity index (χ0) is 17.8. The molecule has 1 aliphatic heterocycles. The first-order valence-electron chi connectivity index (χ1n) is 9.20. The minimum atomic E-state index is 0.394. The van der Waals surface area contributed by atoms with Crippen molar-refractivity contribution >= 4 is 22.6 Å². The molecular weight excluding hydrogens is 441 g/mol. The van der Waals surface area contributed by atoms with Gasteiger partial charge in [-0.1, -0.05) is 22.6 Å². The van der Waals surface area contributed by atoms with Crippen LogP contribution in [-0.2, 0) is 28.4 Å². The first-order chi connectivity index (χ1) is 12.4. The largest absolute Gasteiger partial charge is 0.378 e. The Labute approximate surface area is 165 Å². The Hall–Kier alpha value is 0.450. The molecule has 0 aromatic heterocycles. The molecule has 1 heterocycles. The zero-order valence-corrected chi connectivity index (χ0v) is 17.4. The van der Waals surface area contributed by atoms with Crippen LogP contribution in [0.5, 0.6) is 0 Å². The normalized spacial score (nSPS) is 15.7. The van der Waals surface area contributed by atoms with Gasteiger partial charge in [-0.05, 0) is 25.9 Å². The highest BCUT2D eigenvalue weighted by atomic mass is 127. The average Bonchev–Trinajstić information content (AvgIpc) is 2.65. The summed E-state index contributed by atoms with van der Waals surface area (Å²) in [5.41, 5.74) is 0. The molecule has 0 saturated carbocycles. The fraction of sp³-hybridized carbons (Fsp3) is 1.00. The van der Waals surface area contributed by atoms with Crippen LogP contribution in [0.3, 0.4) is 0 Å². The molecular formula is C17H34INO6. The van der Waals surface area contributed by atoms with Crippen LogP contribution in [0.1, 0.15) is 12.8 Å². The summed E-state index contributed by atoms with van der Waals surface area (Å²) in [6.07, 6.45) is 2.59. The van der Waals surface area contributed by atoms with Crippen molar-refractivity contribution in [3.63, 3.8) is 0 Å². The van der Waals surface area contributed by atoms with E-state index in [4.69, 9.17) is 28.4 Å². The molecule has 0 aliphatic carbocycles. The summed E-state index contributed by atoms with van der Waals surface area (Å²) in [4.78, 5) is 0. The fourth-order valence-corrected chi connectivity index (χ4v) is 2.58. The minimum Gasteiger partial charge on any atom is -0.378 e. The highest BCUT2D eigenvalue weighted by Gasteiger charge is 2.12. The third-order valence-corrected chi connectivity index (χ3v) is 4.02. The van der Waals surface area contributed by atoms with E-state index < -0.39 is 0 Å². The van der Waals surface area contributed by atoms with Gasteiger partial charge in [0.2, 0.25) is 0 Å². The van der Waals surface area contributed by atoms with Gasteiger partial charge in [-0.15, -0.1) is 0 Å². The molecule has 150 valence electrons. The van der Waals surface area contributed by atoms with Gasteiger partial charge in [-0.2, -0.15) is 0 Å². The topological polar surface area (TPSA) is 67.4 Å². The van der Waals surface area contributed by atoms with Gasteiger partial charge in [0.05, 0.1) is 78.8 Å². The predicted molar refractivity (Wildman–Crippen MR) is 105 cm³/mol. The predicted octanol–water partition coefficient (Wildman–Crippen LogP) is 1.27. The van der Waals surface area contributed by atoms with Gasteiger partial charge >= 0.3 is 0 Å². The molecule has 1 saturated heterocycles. The molecule has 0 amide bonds. The van der Waals surface area contributed by atoms with Gasteiger partial charge < -0.3 is 33.7 Å². The van der Waals surface area contributed by atoms with E-state index in [1.807, 2.05) is 0 Å². The van der Waals surface area contributed by atoms with Crippen molar-refractivity contribution in [1.82, 2.24) is 5.32 Å². The molecule has 1 aliphatic rings. The summed E-state index contributed by atoms with van der Waals surface area (Å²) in [5.74, 6) is 0. The highest BCUT2D eigenvalue weighted by Crippen LogP contribution is 2.06. The van der Waals surface area contributed by atoms with Crippen LogP contribution < -0.4 is 5.32 Å². The summed E-state index contributed by atoms with van der Waals surface area (Å²) in [5, 5.41) is 3.32. The van der Waals surface area contributed by atoms with Gasteiger partial charge in [0.25, 0.3) is 0 Å². The van der Waals surface area contributed by atoms with Gasteiger partial charge in [0.1, 0.15) is 0 Å². The van der Waals surface area contributed by atoms with Crippen molar-refractivity contribution in [1.29, 1.82) is 0 Å². The monoisotopic (exact) mass is 475 g/mol. The van der Waals surface area contributed by atoms with E-state index in [-0.39, 0.29) is 0 Å². The summed E-state index contributed by atoms with van der Waals surface area (Å²) >= 11 is 2.28. The van der Waals surface area contributed by atoms with Crippen molar-refractivity contribution in [2.75, 3.05) is 90.2 Å². The highest BCUT2D eigenvalue weighted by molar-refractivity contribution is 14.1. The zero-order valence-electron chi connectivity index (χ0n) is 15.2. The van der Waals surface area contributed by atoms with Crippen LogP contribution in [0, 0.1) is 0 Å². The molecule has 1 rings (SSSR count). The maximum atomic E-state index is 5.76. The SMILES string of the molecule is ICCOCCOCCOCCOCCOCCOC1CCNCC1. The maximum Gasteiger partial charge on any atom is 0.0704 e. The third kappa shape index (κ3) is 16.4. The second kappa shape index (κ2) is 19.2. The fourth-order valence-electron chi connectivity index (χ4n) is 2.27. The Bertz CT molecular complexity index is 270. The van der Waals surface area contributed by atoms with E-state index in [9.17, 15) is 0 Å². The van der Waals surface area contributed by atoms with Crippen molar-refractivity contribution in [2.24, 2.45) is 0 Å². The smallest absolute Gasteiger partial charge is 0.0704 e. The van der Waals surface area contributed by atoms with Gasteiger partial charge in [0.15, 0.2) is 0 Å². The molecule has 0 spiro atoms. The van der Waals surface area contributed by atoms with Crippen LogP contribution >= 0.6 is 22.6 Å². The van der Waals surface area contributed by atoms with Crippen molar-refractivity contribution in [3.05, 3.63) is 0 Å². The molecule has 0 aromatic carbocycles. The summed E-state index contributed by atoms with van der Waals surface area (Å²) in [6, 6.07) is 0. The standard InChI is InChI=1S/C17H34INO6/c18-3-6-20-7-8-21-9-10-22-11-12-23-13-14-24-15-16-25-17-1-4-19-5-2-17/h17,19H,1-16H2. The quantitative estimate of drug-likeness (QED) is 0.182. The number of rotatable bonds is 18. The van der Waals surface area contributed by atoms with Crippen LogP contribution in [0.2, 0.25) is 0 Å². The van der Waals surface area contributed by atoms with Crippen LogP contribution in [0.4, 0.5) is 0 Å². The average molecular weight is 475 g/mol. The van der Waals surface area contributed by atoms with E-state index in [0.29, 0.717) is 72.2 Å². The number of alkyl halides is 1. The Balaban J connectivity index is 1.65. The van der Waals surface area contributed by atoms with Crippen molar-refractivity contribution in [2.45, 2.75) is 18.9 Å². The molecule has 7 nitrogen and oxygen atoms in total. The third-order valence-electron chi connectivity index (χ3n) is 3.58. The lowest BCUT2D eigenvalue weighted by Gasteiger charge is -2.22. The molecule has 0 atom stereocenters. The van der Waals surface area contributed by atoms with Crippen molar-refractivity contribution < 1.29 is 28.4 Å². The second-order valence-corrected chi connectivity index (χ2v) is 6.65. The van der Waals surface area contributed by atoms with E-state index >= 15 is 0 Å². The molecule has 8 heteroatoms. The summed E-state index contributed by atoms with van der Waals surface area (Å²) < 4.78 is 33.8. The number of hydrogen-bond donors (Lipinski definition) is 1. The molecule has 0 unspecified atom stereocenters. The van der Waals surface area contributed by atoms with Crippen LogP contribution in [0.25, 0.3) is 0 Å². The molecule has 0 aromatic rings. The molecule has 0 bridgehead atoms. The molecule has 25 heavy (non-hydrogen) atoms.